The summed E-state index contributed by atoms with van der Waals surface area (Å²) in [6.07, 6.45) is 2.94. The molecule has 4 amide bonds. The molecule has 2 fully saturated rings. The fraction of sp³-hybridized carbons (Fsp3) is 0.304. The van der Waals surface area contributed by atoms with Gasteiger partial charge in [0.15, 0.2) is 0 Å². The minimum absolute atomic E-state index is 0.165. The van der Waals surface area contributed by atoms with Crippen molar-refractivity contribution in [1.82, 2.24) is 4.90 Å². The zero-order valence-corrected chi connectivity index (χ0v) is 16.6. The number of rotatable bonds is 5. The van der Waals surface area contributed by atoms with Crippen molar-refractivity contribution in [3.05, 3.63) is 59.7 Å². The van der Waals surface area contributed by atoms with Crippen LogP contribution < -0.4 is 10.2 Å². The summed E-state index contributed by atoms with van der Waals surface area (Å²) < 4.78 is 0. The zero-order chi connectivity index (χ0) is 21.1. The third-order valence-electron chi connectivity index (χ3n) is 5.40. The normalized spacial score (nSPS) is 16.9. The van der Waals surface area contributed by atoms with Gasteiger partial charge < -0.3 is 10.2 Å². The fourth-order valence-corrected chi connectivity index (χ4v) is 3.85. The molecule has 0 aromatic heterocycles. The summed E-state index contributed by atoms with van der Waals surface area (Å²) >= 11 is 0. The summed E-state index contributed by atoms with van der Waals surface area (Å²) in [5, 5.41) is 2.86. The van der Waals surface area contributed by atoms with Crippen LogP contribution in [0.3, 0.4) is 0 Å². The van der Waals surface area contributed by atoms with E-state index in [1.54, 1.807) is 30.3 Å². The van der Waals surface area contributed by atoms with Crippen molar-refractivity contribution in [2.45, 2.75) is 38.6 Å². The Bertz CT molecular complexity index is 1000. The highest BCUT2D eigenvalue weighted by molar-refractivity contribution is 6.20. The minimum Gasteiger partial charge on any atom is -0.338 e. The van der Waals surface area contributed by atoms with E-state index >= 15 is 0 Å². The predicted octanol–water partition coefficient (Wildman–Crippen LogP) is 3.10. The molecule has 0 saturated carbocycles. The zero-order valence-electron chi connectivity index (χ0n) is 16.6. The van der Waals surface area contributed by atoms with E-state index in [1.165, 1.54) is 0 Å². The van der Waals surface area contributed by atoms with Gasteiger partial charge in [0.25, 0.3) is 5.91 Å². The molecule has 30 heavy (non-hydrogen) atoms. The second kappa shape index (κ2) is 8.49. The second-order valence-corrected chi connectivity index (χ2v) is 7.60. The summed E-state index contributed by atoms with van der Waals surface area (Å²) in [5.41, 5.74) is 2.34. The highest BCUT2D eigenvalue weighted by Gasteiger charge is 2.30. The Morgan fingerprint density at radius 2 is 1.63 bits per heavy atom. The molecule has 0 radical (unpaired) electrons. The van der Waals surface area contributed by atoms with Gasteiger partial charge in [0.05, 0.1) is 5.69 Å². The lowest BCUT2D eigenvalue weighted by Crippen LogP contribution is -2.34. The number of carbonyl (C=O) groups excluding carboxylic acids is 4. The van der Waals surface area contributed by atoms with Gasteiger partial charge in [0.1, 0.15) is 0 Å². The molecule has 2 saturated heterocycles. The topological polar surface area (TPSA) is 86.8 Å². The van der Waals surface area contributed by atoms with Crippen molar-refractivity contribution in [2.24, 2.45) is 0 Å². The van der Waals surface area contributed by atoms with E-state index in [2.05, 4.69) is 5.32 Å². The molecule has 2 heterocycles. The smallest absolute Gasteiger partial charge is 0.255 e. The molecule has 7 nitrogen and oxygen atoms in total. The number of piperidine rings is 1. The maximum absolute atomic E-state index is 12.7. The fourth-order valence-electron chi connectivity index (χ4n) is 3.85. The van der Waals surface area contributed by atoms with Crippen LogP contribution in [0.1, 0.15) is 48.0 Å². The standard InChI is InChI=1S/C23H23N3O4/c27-20-9-1-2-12-25(20)15-16-5-3-7-18(13-16)24-23(30)17-6-4-8-19(14-17)26-21(28)10-11-22(26)29/h3-8,13-14H,1-2,9-12,15H2,(H,24,30). The molecule has 2 aliphatic heterocycles. The van der Waals surface area contributed by atoms with Gasteiger partial charge in [0.2, 0.25) is 17.7 Å². The van der Waals surface area contributed by atoms with E-state index in [0.29, 0.717) is 29.9 Å². The van der Waals surface area contributed by atoms with E-state index < -0.39 is 0 Å². The number of amides is 4. The third-order valence-corrected chi connectivity index (χ3v) is 5.40. The van der Waals surface area contributed by atoms with Crippen LogP contribution in [0.2, 0.25) is 0 Å². The van der Waals surface area contributed by atoms with Crippen LogP contribution in [0.25, 0.3) is 0 Å². The number of imide groups is 1. The number of benzene rings is 2. The number of anilines is 2. The summed E-state index contributed by atoms with van der Waals surface area (Å²) in [4.78, 5) is 51.7. The van der Waals surface area contributed by atoms with E-state index in [-0.39, 0.29) is 36.5 Å². The average molecular weight is 405 g/mol. The molecule has 7 heteroatoms. The number of nitrogens with one attached hydrogen (secondary N) is 1. The number of carbonyl (C=O) groups is 4. The Kier molecular flexibility index (Phi) is 5.61. The van der Waals surface area contributed by atoms with Crippen LogP contribution in [0.4, 0.5) is 11.4 Å². The molecule has 0 spiro atoms. The Morgan fingerprint density at radius 1 is 0.867 bits per heavy atom. The Hall–Kier alpha value is -3.48. The Labute approximate surface area is 174 Å². The molecule has 2 aromatic rings. The number of nitrogens with zero attached hydrogens (tertiary/aromatic N) is 2. The molecule has 0 atom stereocenters. The molecule has 0 bridgehead atoms. The highest BCUT2D eigenvalue weighted by atomic mass is 16.2. The van der Waals surface area contributed by atoms with Crippen LogP contribution in [0.5, 0.6) is 0 Å². The van der Waals surface area contributed by atoms with Gasteiger partial charge in [-0.25, -0.2) is 0 Å². The van der Waals surface area contributed by atoms with E-state index in [9.17, 15) is 19.2 Å². The first-order valence-electron chi connectivity index (χ1n) is 10.2. The van der Waals surface area contributed by atoms with Gasteiger partial charge >= 0.3 is 0 Å². The van der Waals surface area contributed by atoms with Gasteiger partial charge in [-0.2, -0.15) is 0 Å². The van der Waals surface area contributed by atoms with E-state index in [0.717, 1.165) is 29.8 Å². The first-order chi connectivity index (χ1) is 14.5. The molecule has 0 unspecified atom stereocenters. The average Bonchev–Trinajstić information content (AvgIpc) is 3.08. The predicted molar refractivity (Wildman–Crippen MR) is 112 cm³/mol. The minimum atomic E-state index is -0.331. The third kappa shape index (κ3) is 4.25. The van der Waals surface area contributed by atoms with Crippen molar-refractivity contribution in [2.75, 3.05) is 16.8 Å². The van der Waals surface area contributed by atoms with Crippen LogP contribution >= 0.6 is 0 Å². The first kappa shape index (κ1) is 19.8. The van der Waals surface area contributed by atoms with Crippen molar-refractivity contribution >= 4 is 35.0 Å². The van der Waals surface area contributed by atoms with Crippen LogP contribution in [-0.4, -0.2) is 35.1 Å². The van der Waals surface area contributed by atoms with Gasteiger partial charge in [-0.15, -0.1) is 0 Å². The quantitative estimate of drug-likeness (QED) is 0.775. The Balaban J connectivity index is 1.46. The Morgan fingerprint density at radius 3 is 2.40 bits per heavy atom. The second-order valence-electron chi connectivity index (χ2n) is 7.60. The lowest BCUT2D eigenvalue weighted by molar-refractivity contribution is -0.133. The van der Waals surface area contributed by atoms with Crippen molar-refractivity contribution in [1.29, 1.82) is 0 Å². The molecule has 1 N–H and O–H groups in total. The van der Waals surface area contributed by atoms with Gasteiger partial charge in [0, 0.05) is 43.6 Å². The molecule has 154 valence electrons. The van der Waals surface area contributed by atoms with Crippen molar-refractivity contribution in [3.8, 4) is 0 Å². The molecule has 2 aliphatic rings. The summed E-state index contributed by atoms with van der Waals surface area (Å²) in [7, 11) is 0. The number of hydrogen-bond donors (Lipinski definition) is 1. The first-order valence-corrected chi connectivity index (χ1v) is 10.2. The molecular weight excluding hydrogens is 382 g/mol. The summed E-state index contributed by atoms with van der Waals surface area (Å²) in [5.74, 6) is -0.671. The summed E-state index contributed by atoms with van der Waals surface area (Å²) in [6, 6.07) is 13.9. The number of likely N-dealkylation sites (tertiary alicyclic amines) is 1. The molecule has 0 aliphatic carbocycles. The van der Waals surface area contributed by atoms with Gasteiger partial charge in [-0.1, -0.05) is 18.2 Å². The van der Waals surface area contributed by atoms with Crippen LogP contribution in [-0.2, 0) is 20.9 Å². The lowest BCUT2D eigenvalue weighted by atomic mass is 10.1. The monoisotopic (exact) mass is 405 g/mol. The molecule has 2 aromatic carbocycles. The van der Waals surface area contributed by atoms with E-state index in [1.807, 2.05) is 23.1 Å². The maximum atomic E-state index is 12.7. The molecular formula is C23H23N3O4. The van der Waals surface area contributed by atoms with Gasteiger partial charge in [-0.3, -0.25) is 24.1 Å². The number of hydrogen-bond acceptors (Lipinski definition) is 4. The highest BCUT2D eigenvalue weighted by Crippen LogP contribution is 2.24. The summed E-state index contributed by atoms with van der Waals surface area (Å²) in [6.45, 7) is 1.29. The van der Waals surface area contributed by atoms with E-state index in [4.69, 9.17) is 0 Å². The van der Waals surface area contributed by atoms with Gasteiger partial charge in [-0.05, 0) is 48.7 Å². The molecule has 4 rings (SSSR count). The van der Waals surface area contributed by atoms with Crippen molar-refractivity contribution < 1.29 is 19.2 Å². The van der Waals surface area contributed by atoms with Crippen LogP contribution in [0, 0.1) is 0 Å². The largest absolute Gasteiger partial charge is 0.338 e. The SMILES string of the molecule is O=C(Nc1cccc(CN2CCCCC2=O)c1)c1cccc(N2C(=O)CCC2=O)c1. The van der Waals surface area contributed by atoms with Crippen LogP contribution in [0.15, 0.2) is 48.5 Å². The lowest BCUT2D eigenvalue weighted by Gasteiger charge is -2.26. The maximum Gasteiger partial charge on any atom is 0.255 e. The van der Waals surface area contributed by atoms with Crippen molar-refractivity contribution in [3.63, 3.8) is 0 Å².